The second-order valence-corrected chi connectivity index (χ2v) is 5.75. The Bertz CT molecular complexity index is 524. The van der Waals surface area contributed by atoms with Gasteiger partial charge in [0.2, 0.25) is 0 Å². The molecule has 0 aliphatic heterocycles. The number of hydrogen-bond donors (Lipinski definition) is 2. The average molecular weight is 297 g/mol. The van der Waals surface area contributed by atoms with E-state index in [9.17, 15) is 9.59 Å². The predicted octanol–water partition coefficient (Wildman–Crippen LogP) is 1.15. The molecule has 1 rings (SSSR count). The number of carboxylic acid groups (broad SMARTS) is 1. The lowest BCUT2D eigenvalue weighted by atomic mass is 9.98. The first-order chi connectivity index (χ1) is 9.68. The summed E-state index contributed by atoms with van der Waals surface area (Å²) in [4.78, 5) is 23.3. The van der Waals surface area contributed by atoms with Gasteiger partial charge in [-0.15, -0.1) is 0 Å². The van der Waals surface area contributed by atoms with Crippen LogP contribution >= 0.6 is 0 Å². The zero-order valence-corrected chi connectivity index (χ0v) is 13.1. The van der Waals surface area contributed by atoms with E-state index in [1.54, 1.807) is 20.0 Å². The molecule has 0 fully saturated rings. The van der Waals surface area contributed by atoms with Gasteiger partial charge in [-0.05, 0) is 18.9 Å². The fourth-order valence-corrected chi connectivity index (χ4v) is 2.11. The van der Waals surface area contributed by atoms with Gasteiger partial charge >= 0.3 is 5.97 Å². The molecule has 1 amide bonds. The molecular weight excluding hydrogens is 274 g/mol. The largest absolute Gasteiger partial charge is 0.481 e. The van der Waals surface area contributed by atoms with E-state index in [0.29, 0.717) is 5.69 Å². The van der Waals surface area contributed by atoms with Crippen molar-refractivity contribution in [3.8, 4) is 0 Å². The summed E-state index contributed by atoms with van der Waals surface area (Å²) in [6.45, 7) is 5.73. The highest BCUT2D eigenvalue weighted by Crippen LogP contribution is 2.16. The average Bonchev–Trinajstić information content (AvgIpc) is 2.70. The van der Waals surface area contributed by atoms with Crippen molar-refractivity contribution in [1.29, 1.82) is 0 Å². The van der Waals surface area contributed by atoms with Crippen LogP contribution in [0.3, 0.4) is 0 Å². The van der Waals surface area contributed by atoms with Crippen LogP contribution in [0.25, 0.3) is 0 Å². The number of ether oxygens (including phenoxy) is 1. The number of aryl methyl sites for hydroxylation is 1. The van der Waals surface area contributed by atoms with E-state index >= 15 is 0 Å². The van der Waals surface area contributed by atoms with Crippen LogP contribution in [0.15, 0.2) is 6.07 Å². The molecular formula is C14H23N3O4. The number of carboxylic acids is 1. The minimum atomic E-state index is -0.997. The van der Waals surface area contributed by atoms with Crippen LogP contribution in [0.5, 0.6) is 0 Å². The van der Waals surface area contributed by atoms with Crippen LogP contribution in [-0.2, 0) is 16.6 Å². The number of aliphatic carboxylic acids is 1. The highest BCUT2D eigenvalue weighted by Gasteiger charge is 2.31. The zero-order valence-electron chi connectivity index (χ0n) is 13.1. The van der Waals surface area contributed by atoms with Crippen molar-refractivity contribution in [2.45, 2.75) is 38.6 Å². The molecule has 0 aromatic carbocycles. The van der Waals surface area contributed by atoms with Crippen molar-refractivity contribution in [2.75, 3.05) is 13.7 Å². The van der Waals surface area contributed by atoms with E-state index in [2.05, 4.69) is 10.4 Å². The van der Waals surface area contributed by atoms with Crippen LogP contribution in [0.1, 0.15) is 49.3 Å². The minimum Gasteiger partial charge on any atom is -0.481 e. The molecule has 1 atom stereocenters. The summed E-state index contributed by atoms with van der Waals surface area (Å²) in [5, 5.41) is 16.0. The van der Waals surface area contributed by atoms with Crippen LogP contribution in [-0.4, -0.2) is 46.0 Å². The van der Waals surface area contributed by atoms with Gasteiger partial charge in [-0.1, -0.05) is 13.8 Å². The summed E-state index contributed by atoms with van der Waals surface area (Å²) in [7, 11) is 3.15. The Kier molecular flexibility index (Phi) is 5.48. The summed E-state index contributed by atoms with van der Waals surface area (Å²) in [6, 6.07) is 1.72. The Morgan fingerprint density at radius 2 is 2.14 bits per heavy atom. The van der Waals surface area contributed by atoms with E-state index in [4.69, 9.17) is 9.84 Å². The molecule has 0 saturated carbocycles. The number of amides is 1. The van der Waals surface area contributed by atoms with Gasteiger partial charge in [-0.3, -0.25) is 14.3 Å². The Morgan fingerprint density at radius 1 is 1.52 bits per heavy atom. The van der Waals surface area contributed by atoms with E-state index < -0.39 is 11.5 Å². The highest BCUT2D eigenvalue weighted by atomic mass is 16.5. The maximum absolute atomic E-state index is 12.4. The van der Waals surface area contributed by atoms with Gasteiger partial charge in [0.15, 0.2) is 0 Å². The molecule has 2 N–H and O–H groups in total. The molecule has 1 aromatic heterocycles. The van der Waals surface area contributed by atoms with E-state index in [1.807, 2.05) is 13.8 Å². The summed E-state index contributed by atoms with van der Waals surface area (Å²) in [5.74, 6) is -1.15. The fraction of sp³-hybridized carbons (Fsp3) is 0.643. The summed E-state index contributed by atoms with van der Waals surface area (Å²) in [6.07, 6.45) is -0.221. The quantitative estimate of drug-likeness (QED) is 0.787. The molecule has 1 aromatic rings. The molecule has 0 radical (unpaired) electrons. The lowest BCUT2D eigenvalue weighted by molar-refractivity contribution is -0.139. The van der Waals surface area contributed by atoms with Crippen molar-refractivity contribution in [1.82, 2.24) is 15.1 Å². The van der Waals surface area contributed by atoms with E-state index in [0.717, 1.165) is 5.69 Å². The smallest absolute Gasteiger partial charge is 0.305 e. The molecule has 21 heavy (non-hydrogen) atoms. The van der Waals surface area contributed by atoms with Crippen LogP contribution in [0, 0.1) is 0 Å². The van der Waals surface area contributed by atoms with Gasteiger partial charge in [-0.25, -0.2) is 0 Å². The van der Waals surface area contributed by atoms with Gasteiger partial charge in [0.25, 0.3) is 5.91 Å². The molecule has 118 valence electrons. The maximum atomic E-state index is 12.4. The van der Waals surface area contributed by atoms with Crippen LogP contribution < -0.4 is 5.32 Å². The lowest BCUT2D eigenvalue weighted by Gasteiger charge is -2.28. The predicted molar refractivity (Wildman–Crippen MR) is 77.3 cm³/mol. The number of rotatable bonds is 7. The van der Waals surface area contributed by atoms with Crippen molar-refractivity contribution < 1.29 is 19.4 Å². The van der Waals surface area contributed by atoms with Crippen LogP contribution in [0.2, 0.25) is 0 Å². The number of carbonyl (C=O) groups excluding carboxylic acids is 1. The molecule has 1 unspecified atom stereocenters. The van der Waals surface area contributed by atoms with Gasteiger partial charge in [0.1, 0.15) is 5.69 Å². The molecule has 0 saturated heterocycles. The van der Waals surface area contributed by atoms with Crippen molar-refractivity contribution in [3.05, 3.63) is 17.5 Å². The monoisotopic (exact) mass is 297 g/mol. The number of methoxy groups -OCH3 is 1. The molecule has 7 nitrogen and oxygen atoms in total. The second kappa shape index (κ2) is 6.71. The summed E-state index contributed by atoms with van der Waals surface area (Å²) in [5.41, 5.74) is 0.237. The standard InChI is InChI=1S/C14H23N3O4/c1-9(2)10-6-11(17(4)16-10)13(20)15-14(3,8-21-5)7-12(18)19/h6,9H,7-8H2,1-5H3,(H,15,20)(H,18,19). The SMILES string of the molecule is COCC(C)(CC(=O)O)NC(=O)c1cc(C(C)C)nn1C. The third kappa shape index (κ3) is 4.56. The van der Waals surface area contributed by atoms with E-state index in [1.165, 1.54) is 11.8 Å². The highest BCUT2D eigenvalue weighted by molar-refractivity contribution is 5.93. The summed E-state index contributed by atoms with van der Waals surface area (Å²) >= 11 is 0. The molecule has 0 bridgehead atoms. The number of carbonyl (C=O) groups is 2. The number of nitrogens with zero attached hydrogens (tertiary/aromatic N) is 2. The minimum absolute atomic E-state index is 0.111. The first-order valence-corrected chi connectivity index (χ1v) is 6.75. The Morgan fingerprint density at radius 3 is 2.57 bits per heavy atom. The van der Waals surface area contributed by atoms with E-state index in [-0.39, 0.29) is 24.9 Å². The zero-order chi connectivity index (χ0) is 16.2. The summed E-state index contributed by atoms with van der Waals surface area (Å²) < 4.78 is 6.52. The topological polar surface area (TPSA) is 93.4 Å². The Hall–Kier alpha value is -1.89. The normalized spacial score (nSPS) is 14.0. The van der Waals surface area contributed by atoms with Gasteiger partial charge < -0.3 is 15.2 Å². The number of hydrogen-bond acceptors (Lipinski definition) is 4. The molecule has 0 spiro atoms. The molecule has 1 heterocycles. The van der Waals surface area contributed by atoms with Crippen molar-refractivity contribution >= 4 is 11.9 Å². The first-order valence-electron chi connectivity index (χ1n) is 6.75. The maximum Gasteiger partial charge on any atom is 0.305 e. The van der Waals surface area contributed by atoms with Gasteiger partial charge in [0, 0.05) is 14.2 Å². The third-order valence-electron chi connectivity index (χ3n) is 3.14. The van der Waals surface area contributed by atoms with Crippen molar-refractivity contribution in [3.63, 3.8) is 0 Å². The molecule has 0 aliphatic carbocycles. The van der Waals surface area contributed by atoms with Gasteiger partial charge in [-0.2, -0.15) is 5.10 Å². The molecule has 0 aliphatic rings. The third-order valence-corrected chi connectivity index (χ3v) is 3.14. The Balaban J connectivity index is 2.94. The number of nitrogens with one attached hydrogen (secondary N) is 1. The second-order valence-electron chi connectivity index (χ2n) is 5.75. The Labute approximate surface area is 124 Å². The first kappa shape index (κ1) is 17.2. The lowest BCUT2D eigenvalue weighted by Crippen LogP contribution is -2.51. The molecule has 7 heteroatoms. The fourth-order valence-electron chi connectivity index (χ4n) is 2.11. The number of aromatic nitrogens is 2. The van der Waals surface area contributed by atoms with Crippen LogP contribution in [0.4, 0.5) is 0 Å². The van der Waals surface area contributed by atoms with Gasteiger partial charge in [0.05, 0.1) is 24.3 Å². The van der Waals surface area contributed by atoms with Crippen molar-refractivity contribution in [2.24, 2.45) is 7.05 Å².